The molecule has 126 valence electrons. The van der Waals surface area contributed by atoms with Gasteiger partial charge in [0.1, 0.15) is 0 Å². The molecule has 5 heteroatoms. The van der Waals surface area contributed by atoms with Gasteiger partial charge in [-0.15, -0.1) is 0 Å². The van der Waals surface area contributed by atoms with Crippen molar-refractivity contribution in [3.05, 3.63) is 41.2 Å². The summed E-state index contributed by atoms with van der Waals surface area (Å²) in [4.78, 5) is 0. The van der Waals surface area contributed by atoms with Crippen LogP contribution in [0.15, 0.2) is 24.3 Å². The Kier molecular flexibility index (Phi) is 6.04. The third-order valence-corrected chi connectivity index (χ3v) is 3.88. The van der Waals surface area contributed by atoms with Crippen molar-refractivity contribution in [2.45, 2.75) is 39.8 Å². The summed E-state index contributed by atoms with van der Waals surface area (Å²) in [6.07, 6.45) is 0.980. The first-order valence-electron chi connectivity index (χ1n) is 8.08. The van der Waals surface area contributed by atoms with Crippen LogP contribution in [-0.4, -0.2) is 23.5 Å². The normalized spacial score (nSPS) is 12.2. The number of aryl methyl sites for hydroxylation is 2. The number of nitrogens with zero attached hydrogens (tertiary/aromatic N) is 2. The Bertz CT molecular complexity index is 618. The second kappa shape index (κ2) is 8.02. The highest BCUT2D eigenvalue weighted by atomic mass is 16.5. The zero-order valence-electron chi connectivity index (χ0n) is 14.7. The molecule has 0 radical (unpaired) electrons. The van der Waals surface area contributed by atoms with E-state index in [-0.39, 0.29) is 6.04 Å². The van der Waals surface area contributed by atoms with Crippen LogP contribution < -0.4 is 14.8 Å². The smallest absolute Gasteiger partial charge is 0.161 e. The third kappa shape index (κ3) is 4.48. The van der Waals surface area contributed by atoms with E-state index in [9.17, 15) is 0 Å². The highest BCUT2D eigenvalue weighted by molar-refractivity contribution is 5.43. The fourth-order valence-corrected chi connectivity index (χ4v) is 2.33. The average molecular weight is 317 g/mol. The van der Waals surface area contributed by atoms with E-state index in [0.29, 0.717) is 6.61 Å². The minimum Gasteiger partial charge on any atom is -0.493 e. The lowest BCUT2D eigenvalue weighted by molar-refractivity contribution is 0.294. The third-order valence-electron chi connectivity index (χ3n) is 3.88. The molecule has 0 saturated heterocycles. The highest BCUT2D eigenvalue weighted by Crippen LogP contribution is 2.28. The standard InChI is InChI=1S/C18H27N3O2/c1-6-9-23-17-8-7-15(11-18(17)22-5)12-19-14(3)16-10-13(2)21(4)20-16/h7-8,10-11,14,19H,6,9,12H2,1-5H3. The lowest BCUT2D eigenvalue weighted by atomic mass is 10.1. The molecular formula is C18H27N3O2. The van der Waals surface area contributed by atoms with Gasteiger partial charge in [-0.1, -0.05) is 13.0 Å². The van der Waals surface area contributed by atoms with Crippen LogP contribution >= 0.6 is 0 Å². The maximum atomic E-state index is 5.68. The van der Waals surface area contributed by atoms with Gasteiger partial charge in [-0.2, -0.15) is 5.10 Å². The molecule has 0 saturated carbocycles. The number of methoxy groups -OCH3 is 1. The maximum absolute atomic E-state index is 5.68. The first kappa shape index (κ1) is 17.3. The van der Waals surface area contributed by atoms with Crippen molar-refractivity contribution in [2.24, 2.45) is 7.05 Å². The Morgan fingerprint density at radius 3 is 2.65 bits per heavy atom. The molecule has 0 amide bonds. The first-order chi connectivity index (χ1) is 11.0. The minimum absolute atomic E-state index is 0.192. The summed E-state index contributed by atoms with van der Waals surface area (Å²) < 4.78 is 13.0. The van der Waals surface area contributed by atoms with Crippen molar-refractivity contribution < 1.29 is 9.47 Å². The van der Waals surface area contributed by atoms with E-state index >= 15 is 0 Å². The SMILES string of the molecule is CCCOc1ccc(CNC(C)c2cc(C)n(C)n2)cc1OC. The highest BCUT2D eigenvalue weighted by Gasteiger charge is 2.11. The molecule has 0 spiro atoms. The Morgan fingerprint density at radius 1 is 1.26 bits per heavy atom. The summed E-state index contributed by atoms with van der Waals surface area (Å²) >= 11 is 0. The van der Waals surface area contributed by atoms with Gasteiger partial charge in [0.25, 0.3) is 0 Å². The van der Waals surface area contributed by atoms with Crippen LogP contribution in [0.3, 0.4) is 0 Å². The molecule has 1 atom stereocenters. The van der Waals surface area contributed by atoms with Crippen LogP contribution in [0.2, 0.25) is 0 Å². The summed E-state index contributed by atoms with van der Waals surface area (Å²) in [7, 11) is 3.64. The maximum Gasteiger partial charge on any atom is 0.161 e. The Hall–Kier alpha value is -2.01. The zero-order valence-corrected chi connectivity index (χ0v) is 14.7. The molecule has 1 unspecified atom stereocenters. The fraction of sp³-hybridized carbons (Fsp3) is 0.500. The van der Waals surface area contributed by atoms with Gasteiger partial charge in [-0.25, -0.2) is 0 Å². The van der Waals surface area contributed by atoms with E-state index in [0.717, 1.165) is 41.4 Å². The molecule has 0 aliphatic carbocycles. The van der Waals surface area contributed by atoms with E-state index in [4.69, 9.17) is 9.47 Å². The summed E-state index contributed by atoms with van der Waals surface area (Å²) in [6.45, 7) is 7.72. The zero-order chi connectivity index (χ0) is 16.8. The van der Waals surface area contributed by atoms with E-state index in [1.165, 1.54) is 0 Å². The number of nitrogens with one attached hydrogen (secondary N) is 1. The van der Waals surface area contributed by atoms with Crippen LogP contribution in [0.1, 0.15) is 43.3 Å². The molecule has 0 aliphatic rings. The van der Waals surface area contributed by atoms with Gasteiger partial charge in [0.2, 0.25) is 0 Å². The van der Waals surface area contributed by atoms with Crippen molar-refractivity contribution >= 4 is 0 Å². The molecular weight excluding hydrogens is 290 g/mol. The fourth-order valence-electron chi connectivity index (χ4n) is 2.33. The summed E-state index contributed by atoms with van der Waals surface area (Å²) in [6, 6.07) is 8.36. The largest absolute Gasteiger partial charge is 0.493 e. The van der Waals surface area contributed by atoms with Crippen molar-refractivity contribution in [1.29, 1.82) is 0 Å². The van der Waals surface area contributed by atoms with E-state index < -0.39 is 0 Å². The molecule has 1 aromatic heterocycles. The summed E-state index contributed by atoms with van der Waals surface area (Å²) in [5.74, 6) is 1.57. The van der Waals surface area contributed by atoms with Crippen molar-refractivity contribution in [3.8, 4) is 11.5 Å². The Morgan fingerprint density at radius 2 is 2.04 bits per heavy atom. The molecule has 0 aliphatic heterocycles. The molecule has 1 heterocycles. The number of hydrogen-bond donors (Lipinski definition) is 1. The van der Waals surface area contributed by atoms with Gasteiger partial charge >= 0.3 is 0 Å². The van der Waals surface area contributed by atoms with E-state index in [1.54, 1.807) is 7.11 Å². The number of ether oxygens (including phenoxy) is 2. The molecule has 1 N–H and O–H groups in total. The van der Waals surface area contributed by atoms with E-state index in [2.05, 4.69) is 43.3 Å². The predicted octanol–water partition coefficient (Wildman–Crippen LogP) is 3.38. The molecule has 2 aromatic rings. The van der Waals surface area contributed by atoms with Crippen molar-refractivity contribution in [1.82, 2.24) is 15.1 Å². The van der Waals surface area contributed by atoms with Crippen molar-refractivity contribution in [3.63, 3.8) is 0 Å². The van der Waals surface area contributed by atoms with Crippen LogP contribution in [0.4, 0.5) is 0 Å². The van der Waals surface area contributed by atoms with Crippen LogP contribution in [-0.2, 0) is 13.6 Å². The molecule has 0 fully saturated rings. The molecule has 0 bridgehead atoms. The van der Waals surface area contributed by atoms with Gasteiger partial charge in [-0.3, -0.25) is 4.68 Å². The predicted molar refractivity (Wildman–Crippen MR) is 92.0 cm³/mol. The van der Waals surface area contributed by atoms with Gasteiger partial charge in [0.15, 0.2) is 11.5 Å². The summed E-state index contributed by atoms with van der Waals surface area (Å²) in [5, 5.41) is 8.01. The number of hydrogen-bond acceptors (Lipinski definition) is 4. The number of rotatable bonds is 8. The molecule has 2 rings (SSSR count). The van der Waals surface area contributed by atoms with Crippen LogP contribution in [0.5, 0.6) is 11.5 Å². The molecule has 23 heavy (non-hydrogen) atoms. The van der Waals surface area contributed by atoms with Gasteiger partial charge in [0.05, 0.1) is 19.4 Å². The monoisotopic (exact) mass is 317 g/mol. The molecule has 1 aromatic carbocycles. The van der Waals surface area contributed by atoms with Crippen LogP contribution in [0, 0.1) is 6.92 Å². The number of benzene rings is 1. The lowest BCUT2D eigenvalue weighted by Gasteiger charge is -2.14. The Balaban J connectivity index is 1.99. The summed E-state index contributed by atoms with van der Waals surface area (Å²) in [5.41, 5.74) is 3.37. The van der Waals surface area contributed by atoms with E-state index in [1.807, 2.05) is 23.9 Å². The second-order valence-corrected chi connectivity index (χ2v) is 5.77. The quantitative estimate of drug-likeness (QED) is 0.811. The Labute approximate surface area is 138 Å². The van der Waals surface area contributed by atoms with Crippen molar-refractivity contribution in [2.75, 3.05) is 13.7 Å². The van der Waals surface area contributed by atoms with Gasteiger partial charge in [-0.05, 0) is 44.0 Å². The molecule has 5 nitrogen and oxygen atoms in total. The lowest BCUT2D eigenvalue weighted by Crippen LogP contribution is -2.18. The van der Waals surface area contributed by atoms with Crippen LogP contribution in [0.25, 0.3) is 0 Å². The second-order valence-electron chi connectivity index (χ2n) is 5.77. The topological polar surface area (TPSA) is 48.3 Å². The average Bonchev–Trinajstić information content (AvgIpc) is 2.90. The van der Waals surface area contributed by atoms with Gasteiger partial charge < -0.3 is 14.8 Å². The minimum atomic E-state index is 0.192. The first-order valence-corrected chi connectivity index (χ1v) is 8.08. The number of aromatic nitrogens is 2. The van der Waals surface area contributed by atoms with Gasteiger partial charge in [0, 0.05) is 25.3 Å².